The molecule has 28 heavy (non-hydrogen) atoms. The number of thiophene rings is 1. The van der Waals surface area contributed by atoms with Crippen molar-refractivity contribution < 1.29 is 22.8 Å². The van der Waals surface area contributed by atoms with Gasteiger partial charge in [-0.2, -0.15) is 0 Å². The lowest BCUT2D eigenvalue weighted by Gasteiger charge is -2.19. The Morgan fingerprint density at radius 1 is 0.857 bits per heavy atom. The van der Waals surface area contributed by atoms with Crippen LogP contribution in [0.15, 0.2) is 80.6 Å². The molecule has 0 bridgehead atoms. The third kappa shape index (κ3) is 4.07. The number of nitrogens with zero attached hydrogens (tertiary/aromatic N) is 1. The van der Waals surface area contributed by atoms with Crippen molar-refractivity contribution in [2.24, 2.45) is 0 Å². The molecule has 0 aliphatic rings. The molecule has 0 saturated heterocycles. The van der Waals surface area contributed by atoms with Gasteiger partial charge in [-0.25, -0.2) is 0 Å². The average Bonchev–Trinajstić information content (AvgIpc) is 3.49. The maximum Gasteiger partial charge on any atom is 0.291 e. The fraction of sp³-hybridized carbons (Fsp3) is 0.100. The summed E-state index contributed by atoms with van der Waals surface area (Å²) in [6, 6.07) is 13.8. The highest BCUT2D eigenvalue weighted by atomic mass is 32.1. The summed E-state index contributed by atoms with van der Waals surface area (Å²) in [6.45, 7) is 0.608. The van der Waals surface area contributed by atoms with E-state index in [-0.39, 0.29) is 17.6 Å². The zero-order chi connectivity index (χ0) is 19.3. The van der Waals surface area contributed by atoms with Gasteiger partial charge in [0.05, 0.1) is 41.8 Å². The molecule has 1 N–H and O–H groups in total. The van der Waals surface area contributed by atoms with Crippen molar-refractivity contribution in [3.63, 3.8) is 0 Å². The van der Waals surface area contributed by atoms with Crippen molar-refractivity contribution in [1.82, 2.24) is 4.90 Å². The Hall–Kier alpha value is -3.52. The highest BCUT2D eigenvalue weighted by molar-refractivity contribution is 7.18. The quantitative estimate of drug-likeness (QED) is 0.492. The molecule has 0 radical (unpaired) electrons. The van der Waals surface area contributed by atoms with Gasteiger partial charge in [0.1, 0.15) is 11.5 Å². The molecule has 0 saturated carbocycles. The van der Waals surface area contributed by atoms with Crippen LogP contribution in [0.5, 0.6) is 0 Å². The van der Waals surface area contributed by atoms with E-state index in [4.69, 9.17) is 13.3 Å². The van der Waals surface area contributed by atoms with Crippen LogP contribution in [0.4, 0.5) is 5.00 Å². The van der Waals surface area contributed by atoms with Crippen molar-refractivity contribution in [3.05, 3.63) is 89.5 Å². The summed E-state index contributed by atoms with van der Waals surface area (Å²) in [6.07, 6.45) is 4.57. The summed E-state index contributed by atoms with van der Waals surface area (Å²) < 4.78 is 15.8. The molecule has 0 aromatic carbocycles. The predicted molar refractivity (Wildman–Crippen MR) is 102 cm³/mol. The van der Waals surface area contributed by atoms with E-state index in [0.29, 0.717) is 34.5 Å². The Bertz CT molecular complexity index is 996. The van der Waals surface area contributed by atoms with Crippen LogP contribution in [0, 0.1) is 0 Å². The molecule has 142 valence electrons. The lowest BCUT2D eigenvalue weighted by atomic mass is 10.3. The van der Waals surface area contributed by atoms with Gasteiger partial charge in [0, 0.05) is 0 Å². The zero-order valence-electron chi connectivity index (χ0n) is 14.7. The Balaban J connectivity index is 1.49. The fourth-order valence-corrected chi connectivity index (χ4v) is 3.51. The van der Waals surface area contributed by atoms with Gasteiger partial charge >= 0.3 is 0 Å². The second-order valence-corrected chi connectivity index (χ2v) is 7.00. The summed E-state index contributed by atoms with van der Waals surface area (Å²) in [5.74, 6) is 0.995. The summed E-state index contributed by atoms with van der Waals surface area (Å²) >= 11 is 1.19. The van der Waals surface area contributed by atoms with E-state index in [2.05, 4.69) is 5.32 Å². The lowest BCUT2D eigenvalue weighted by molar-refractivity contribution is 0.0709. The van der Waals surface area contributed by atoms with Crippen molar-refractivity contribution in [3.8, 4) is 0 Å². The molecule has 0 fully saturated rings. The number of amides is 2. The van der Waals surface area contributed by atoms with Crippen molar-refractivity contribution in [1.29, 1.82) is 0 Å². The molecular weight excluding hydrogens is 380 g/mol. The van der Waals surface area contributed by atoms with Crippen LogP contribution >= 0.6 is 11.3 Å². The van der Waals surface area contributed by atoms with Gasteiger partial charge in [-0.15, -0.1) is 11.3 Å². The molecule has 0 unspecified atom stereocenters. The molecule has 2 amide bonds. The number of rotatable bonds is 7. The highest BCUT2D eigenvalue weighted by Crippen LogP contribution is 2.25. The maximum absolute atomic E-state index is 13.0. The number of hydrogen-bond donors (Lipinski definition) is 1. The largest absolute Gasteiger partial charge is 0.467 e. The van der Waals surface area contributed by atoms with Crippen LogP contribution in [0.25, 0.3) is 0 Å². The Labute approximate surface area is 164 Å². The Morgan fingerprint density at radius 3 is 2.07 bits per heavy atom. The van der Waals surface area contributed by atoms with E-state index in [1.807, 2.05) is 12.1 Å². The van der Waals surface area contributed by atoms with Crippen LogP contribution in [-0.2, 0) is 13.1 Å². The monoisotopic (exact) mass is 396 g/mol. The number of carbonyl (C=O) groups is 2. The van der Waals surface area contributed by atoms with E-state index in [1.165, 1.54) is 17.6 Å². The first-order valence-corrected chi connectivity index (χ1v) is 9.29. The van der Waals surface area contributed by atoms with Gasteiger partial charge in [-0.05, 0) is 48.5 Å². The predicted octanol–water partition coefficient (Wildman–Crippen LogP) is 4.62. The Kier molecular flexibility index (Phi) is 5.11. The van der Waals surface area contributed by atoms with Crippen LogP contribution in [0.3, 0.4) is 0 Å². The molecule has 0 aliphatic carbocycles. The number of anilines is 1. The lowest BCUT2D eigenvalue weighted by Crippen LogP contribution is -2.29. The van der Waals surface area contributed by atoms with E-state index < -0.39 is 0 Å². The van der Waals surface area contributed by atoms with Gasteiger partial charge in [-0.3, -0.25) is 9.59 Å². The van der Waals surface area contributed by atoms with Gasteiger partial charge in [-0.1, -0.05) is 0 Å². The topological polar surface area (TPSA) is 88.8 Å². The third-order valence-electron chi connectivity index (χ3n) is 3.94. The van der Waals surface area contributed by atoms with Crippen LogP contribution in [0.1, 0.15) is 31.7 Å². The first kappa shape index (κ1) is 17.9. The molecule has 4 aromatic heterocycles. The fourth-order valence-electron chi connectivity index (χ4n) is 2.64. The average molecular weight is 396 g/mol. The number of carbonyl (C=O) groups excluding carboxylic acids is 2. The summed E-state index contributed by atoms with van der Waals surface area (Å²) in [4.78, 5) is 27.3. The van der Waals surface area contributed by atoms with E-state index in [1.54, 1.807) is 53.8 Å². The normalized spacial score (nSPS) is 10.7. The molecule has 0 aliphatic heterocycles. The van der Waals surface area contributed by atoms with Crippen LogP contribution in [0.2, 0.25) is 0 Å². The first-order chi connectivity index (χ1) is 13.7. The summed E-state index contributed by atoms with van der Waals surface area (Å²) in [5.41, 5.74) is 0. The van der Waals surface area contributed by atoms with Crippen molar-refractivity contribution in [2.45, 2.75) is 13.1 Å². The standard InChI is InChI=1S/C20H16N2O5S/c23-19(16-6-3-11-27-16)21-18-8-7-17(28-18)20(24)22(12-14-4-1-9-25-14)13-15-5-2-10-26-15/h1-11H,12-13H2,(H,21,23). The third-order valence-corrected chi connectivity index (χ3v) is 4.93. The molecule has 0 atom stereocenters. The molecule has 4 rings (SSSR count). The van der Waals surface area contributed by atoms with Gasteiger partial charge in [0.2, 0.25) is 0 Å². The highest BCUT2D eigenvalue weighted by Gasteiger charge is 2.21. The molecule has 0 spiro atoms. The van der Waals surface area contributed by atoms with E-state index in [9.17, 15) is 9.59 Å². The molecule has 8 heteroatoms. The van der Waals surface area contributed by atoms with Crippen LogP contribution in [-0.4, -0.2) is 16.7 Å². The van der Waals surface area contributed by atoms with E-state index in [0.717, 1.165) is 0 Å². The maximum atomic E-state index is 13.0. The molecule has 4 heterocycles. The minimum atomic E-state index is -0.367. The number of furan rings is 3. The second-order valence-electron chi connectivity index (χ2n) is 5.92. The van der Waals surface area contributed by atoms with Crippen molar-refractivity contribution >= 4 is 28.2 Å². The minimum Gasteiger partial charge on any atom is -0.467 e. The molecule has 7 nitrogen and oxygen atoms in total. The minimum absolute atomic E-state index is 0.184. The van der Waals surface area contributed by atoms with E-state index >= 15 is 0 Å². The number of nitrogens with one attached hydrogen (secondary N) is 1. The smallest absolute Gasteiger partial charge is 0.291 e. The second kappa shape index (κ2) is 8.01. The summed E-state index contributed by atoms with van der Waals surface area (Å²) in [5, 5.41) is 3.28. The van der Waals surface area contributed by atoms with Gasteiger partial charge < -0.3 is 23.5 Å². The zero-order valence-corrected chi connectivity index (χ0v) is 15.5. The SMILES string of the molecule is O=C(Nc1ccc(C(=O)N(Cc2ccco2)Cc2ccco2)s1)c1ccco1. The van der Waals surface area contributed by atoms with Gasteiger partial charge in [0.25, 0.3) is 11.8 Å². The Morgan fingerprint density at radius 2 is 1.50 bits per heavy atom. The van der Waals surface area contributed by atoms with Gasteiger partial charge in [0.15, 0.2) is 5.76 Å². The molecule has 4 aromatic rings. The first-order valence-electron chi connectivity index (χ1n) is 8.48. The van der Waals surface area contributed by atoms with Crippen molar-refractivity contribution in [2.75, 3.05) is 5.32 Å². The number of hydrogen-bond acceptors (Lipinski definition) is 6. The summed E-state index contributed by atoms with van der Waals surface area (Å²) in [7, 11) is 0. The molecular formula is C20H16N2O5S. The van der Waals surface area contributed by atoms with Crippen LogP contribution < -0.4 is 5.32 Å².